The molecule has 0 aromatic rings. The van der Waals surface area contributed by atoms with E-state index >= 15 is 0 Å². The highest BCUT2D eigenvalue weighted by Crippen LogP contribution is 2.60. The van der Waals surface area contributed by atoms with E-state index in [2.05, 4.69) is 10.6 Å². The van der Waals surface area contributed by atoms with Gasteiger partial charge in [0.25, 0.3) is 0 Å². The number of carbonyl (C=O) groups excluding carboxylic acids is 1. The molecule has 1 unspecified atom stereocenters. The Morgan fingerprint density at radius 1 is 1.32 bits per heavy atom. The second-order valence-electron chi connectivity index (χ2n) is 6.41. The summed E-state index contributed by atoms with van der Waals surface area (Å²) in [6.07, 6.45) is 5.02. The van der Waals surface area contributed by atoms with Crippen molar-refractivity contribution in [2.45, 2.75) is 52.0 Å². The van der Waals surface area contributed by atoms with Gasteiger partial charge in [-0.2, -0.15) is 0 Å². The maximum Gasteiger partial charge on any atom is 0.315 e. The third kappa shape index (κ3) is 3.85. The number of amides is 2. The molecule has 0 radical (unpaired) electrons. The van der Waals surface area contributed by atoms with Crippen LogP contribution in [-0.4, -0.2) is 29.7 Å². The molecule has 108 valence electrons. The van der Waals surface area contributed by atoms with Crippen LogP contribution in [0, 0.1) is 17.3 Å². The molecule has 0 saturated heterocycles. The van der Waals surface area contributed by atoms with Crippen LogP contribution in [0.4, 0.5) is 4.79 Å². The van der Waals surface area contributed by atoms with E-state index in [-0.39, 0.29) is 24.4 Å². The number of hydrogen-bond acceptors (Lipinski definition) is 2. The van der Waals surface area contributed by atoms with Crippen LogP contribution >= 0.6 is 0 Å². The van der Waals surface area contributed by atoms with Crippen LogP contribution in [0.1, 0.15) is 46.0 Å². The SMILES string of the molecule is CC(C)C(CC(=O)O)NC(=O)NCC1(C2CC2)CC1. The molecule has 0 aliphatic heterocycles. The Bertz CT molecular complexity index is 360. The van der Waals surface area contributed by atoms with Gasteiger partial charge in [0.2, 0.25) is 0 Å². The van der Waals surface area contributed by atoms with Gasteiger partial charge in [0.05, 0.1) is 6.42 Å². The molecule has 5 heteroatoms. The fourth-order valence-corrected chi connectivity index (χ4v) is 2.70. The number of rotatable bonds is 7. The molecule has 5 nitrogen and oxygen atoms in total. The van der Waals surface area contributed by atoms with Crippen molar-refractivity contribution in [1.82, 2.24) is 10.6 Å². The molecular weight excluding hydrogens is 244 g/mol. The minimum atomic E-state index is -0.879. The zero-order valence-electron chi connectivity index (χ0n) is 11.7. The van der Waals surface area contributed by atoms with Gasteiger partial charge in [-0.1, -0.05) is 13.8 Å². The van der Waals surface area contributed by atoms with Crippen LogP contribution in [0.5, 0.6) is 0 Å². The first-order chi connectivity index (χ1) is 8.93. The highest BCUT2D eigenvalue weighted by Gasteiger charge is 2.53. The van der Waals surface area contributed by atoms with Crippen LogP contribution in [0.15, 0.2) is 0 Å². The smallest absolute Gasteiger partial charge is 0.315 e. The van der Waals surface area contributed by atoms with E-state index in [0.717, 1.165) is 12.5 Å². The predicted octanol–water partition coefficient (Wildman–Crippen LogP) is 1.98. The molecule has 2 aliphatic carbocycles. The topological polar surface area (TPSA) is 78.4 Å². The number of urea groups is 1. The Hall–Kier alpha value is -1.26. The fourth-order valence-electron chi connectivity index (χ4n) is 2.70. The molecule has 0 bridgehead atoms. The third-order valence-corrected chi connectivity index (χ3v) is 4.45. The predicted molar refractivity (Wildman–Crippen MR) is 71.8 cm³/mol. The summed E-state index contributed by atoms with van der Waals surface area (Å²) in [7, 11) is 0. The van der Waals surface area contributed by atoms with Gasteiger partial charge in [0.1, 0.15) is 0 Å². The zero-order chi connectivity index (χ0) is 14.0. The van der Waals surface area contributed by atoms with E-state index in [1.165, 1.54) is 25.7 Å². The summed E-state index contributed by atoms with van der Waals surface area (Å²) in [5.41, 5.74) is 0.372. The Labute approximate surface area is 114 Å². The van der Waals surface area contributed by atoms with Crippen LogP contribution in [-0.2, 0) is 4.79 Å². The quantitative estimate of drug-likeness (QED) is 0.660. The van der Waals surface area contributed by atoms with Crippen LogP contribution in [0.2, 0.25) is 0 Å². The first kappa shape index (κ1) is 14.2. The van der Waals surface area contributed by atoms with Gasteiger partial charge in [-0.15, -0.1) is 0 Å². The standard InChI is InChI=1S/C14H24N2O3/c1-9(2)11(7-12(17)18)16-13(19)15-8-14(5-6-14)10-3-4-10/h9-11H,3-8H2,1-2H3,(H,17,18)(H2,15,16,19). The third-order valence-electron chi connectivity index (χ3n) is 4.45. The van der Waals surface area contributed by atoms with Gasteiger partial charge in [-0.25, -0.2) is 4.79 Å². The highest BCUT2D eigenvalue weighted by molar-refractivity contribution is 5.75. The highest BCUT2D eigenvalue weighted by atomic mass is 16.4. The van der Waals surface area contributed by atoms with Gasteiger partial charge in [-0.05, 0) is 42.9 Å². The Balaban J connectivity index is 1.74. The number of nitrogens with one attached hydrogen (secondary N) is 2. The van der Waals surface area contributed by atoms with Crippen molar-refractivity contribution in [2.75, 3.05) is 6.54 Å². The molecule has 3 N–H and O–H groups in total. The van der Waals surface area contributed by atoms with Crippen molar-refractivity contribution in [1.29, 1.82) is 0 Å². The van der Waals surface area contributed by atoms with Crippen molar-refractivity contribution in [3.05, 3.63) is 0 Å². The van der Waals surface area contributed by atoms with E-state index in [1.807, 2.05) is 13.8 Å². The molecule has 0 heterocycles. The largest absolute Gasteiger partial charge is 0.481 e. The van der Waals surface area contributed by atoms with Gasteiger partial charge in [0.15, 0.2) is 0 Å². The number of aliphatic carboxylic acids is 1. The average Bonchev–Trinajstić information content (AvgIpc) is 3.15. The van der Waals surface area contributed by atoms with E-state index in [1.54, 1.807) is 0 Å². The molecule has 19 heavy (non-hydrogen) atoms. The molecule has 2 saturated carbocycles. The summed E-state index contributed by atoms with van der Waals surface area (Å²) >= 11 is 0. The maximum absolute atomic E-state index is 11.8. The minimum Gasteiger partial charge on any atom is -0.481 e. The van der Waals surface area contributed by atoms with Gasteiger partial charge in [-0.3, -0.25) is 4.79 Å². The van der Waals surface area contributed by atoms with Gasteiger partial charge in [0, 0.05) is 12.6 Å². The first-order valence-corrected chi connectivity index (χ1v) is 7.19. The second-order valence-corrected chi connectivity index (χ2v) is 6.41. The summed E-state index contributed by atoms with van der Waals surface area (Å²) in [4.78, 5) is 22.6. The molecular formula is C14H24N2O3. The fraction of sp³-hybridized carbons (Fsp3) is 0.857. The van der Waals surface area contributed by atoms with Crippen molar-refractivity contribution in [3.8, 4) is 0 Å². The number of carboxylic acid groups (broad SMARTS) is 1. The van der Waals surface area contributed by atoms with Gasteiger partial charge >= 0.3 is 12.0 Å². The van der Waals surface area contributed by atoms with E-state index < -0.39 is 5.97 Å². The maximum atomic E-state index is 11.8. The summed E-state index contributed by atoms with van der Waals surface area (Å²) in [5, 5.41) is 14.5. The van der Waals surface area contributed by atoms with Crippen LogP contribution < -0.4 is 10.6 Å². The minimum absolute atomic E-state index is 0.0289. The molecule has 2 amide bonds. The number of carbonyl (C=O) groups is 2. The van der Waals surface area contributed by atoms with Crippen molar-refractivity contribution < 1.29 is 14.7 Å². The van der Waals surface area contributed by atoms with E-state index in [4.69, 9.17) is 5.11 Å². The number of carboxylic acids is 1. The summed E-state index contributed by atoms with van der Waals surface area (Å²) < 4.78 is 0. The molecule has 2 fully saturated rings. The molecule has 1 atom stereocenters. The van der Waals surface area contributed by atoms with E-state index in [0.29, 0.717) is 5.41 Å². The monoisotopic (exact) mass is 268 g/mol. The van der Waals surface area contributed by atoms with E-state index in [9.17, 15) is 9.59 Å². The lowest BCUT2D eigenvalue weighted by atomic mass is 10.0. The lowest BCUT2D eigenvalue weighted by Gasteiger charge is -2.22. The second kappa shape index (κ2) is 5.39. The molecule has 2 rings (SSSR count). The summed E-state index contributed by atoms with van der Waals surface area (Å²) in [6.45, 7) is 4.57. The normalized spacial score (nSPS) is 21.8. The lowest BCUT2D eigenvalue weighted by molar-refractivity contribution is -0.137. The average molecular weight is 268 g/mol. The molecule has 2 aliphatic rings. The van der Waals surface area contributed by atoms with Crippen molar-refractivity contribution >= 4 is 12.0 Å². The van der Waals surface area contributed by atoms with Crippen LogP contribution in [0.3, 0.4) is 0 Å². The Morgan fingerprint density at radius 3 is 2.37 bits per heavy atom. The summed E-state index contributed by atoms with van der Waals surface area (Å²) in [5.74, 6) is 0.0449. The molecule has 0 spiro atoms. The van der Waals surface area contributed by atoms with Crippen LogP contribution in [0.25, 0.3) is 0 Å². The Morgan fingerprint density at radius 2 is 1.95 bits per heavy atom. The zero-order valence-corrected chi connectivity index (χ0v) is 11.7. The van der Waals surface area contributed by atoms with Crippen molar-refractivity contribution in [2.24, 2.45) is 17.3 Å². The molecule has 0 aromatic carbocycles. The summed E-state index contributed by atoms with van der Waals surface area (Å²) in [6, 6.07) is -0.541. The molecule has 0 aromatic heterocycles. The first-order valence-electron chi connectivity index (χ1n) is 7.19. The lowest BCUT2D eigenvalue weighted by Crippen LogP contribution is -2.47. The number of hydrogen-bond donors (Lipinski definition) is 3. The van der Waals surface area contributed by atoms with Crippen molar-refractivity contribution in [3.63, 3.8) is 0 Å². The van der Waals surface area contributed by atoms with Gasteiger partial charge < -0.3 is 15.7 Å². The Kier molecular flexibility index (Phi) is 4.02.